The van der Waals surface area contributed by atoms with Crippen LogP contribution in [-0.4, -0.2) is 31.7 Å². The molecule has 0 atom stereocenters. The van der Waals surface area contributed by atoms with Gasteiger partial charge in [-0.05, 0) is 68.1 Å². The molecule has 0 spiro atoms. The summed E-state index contributed by atoms with van der Waals surface area (Å²) in [6.45, 7) is 5.03. The van der Waals surface area contributed by atoms with Gasteiger partial charge in [-0.3, -0.25) is 4.79 Å². The van der Waals surface area contributed by atoms with Crippen molar-refractivity contribution in [3.05, 3.63) is 59.2 Å². The van der Waals surface area contributed by atoms with E-state index in [0.29, 0.717) is 24.3 Å². The number of hydrogen-bond donors (Lipinski definition) is 1. The predicted molar refractivity (Wildman–Crippen MR) is 98.3 cm³/mol. The highest BCUT2D eigenvalue weighted by atomic mass is 32.2. The monoisotopic (exact) mass is 358 g/mol. The molecule has 132 valence electrons. The van der Waals surface area contributed by atoms with E-state index in [-0.39, 0.29) is 10.8 Å². The lowest BCUT2D eigenvalue weighted by molar-refractivity contribution is 0.102. The summed E-state index contributed by atoms with van der Waals surface area (Å²) in [6, 6.07) is 12.0. The van der Waals surface area contributed by atoms with Crippen molar-refractivity contribution in [3.8, 4) is 0 Å². The second-order valence-corrected chi connectivity index (χ2v) is 8.28. The van der Waals surface area contributed by atoms with Crippen LogP contribution in [0.25, 0.3) is 0 Å². The fraction of sp³-hybridized carbons (Fsp3) is 0.316. The Hall–Kier alpha value is -2.18. The minimum Gasteiger partial charge on any atom is -0.322 e. The van der Waals surface area contributed by atoms with Gasteiger partial charge in [-0.2, -0.15) is 4.31 Å². The number of aryl methyl sites for hydroxylation is 1. The van der Waals surface area contributed by atoms with E-state index in [1.54, 1.807) is 30.3 Å². The van der Waals surface area contributed by atoms with E-state index in [9.17, 15) is 13.2 Å². The molecule has 1 heterocycles. The standard InChI is InChI=1S/C19H22N2O3S/c1-14-6-5-7-18(15(14)2)19(22)20-16-8-10-17(11-9-16)25(23,24)21-12-3-4-13-21/h5-11H,3-4,12-13H2,1-2H3,(H,20,22). The van der Waals surface area contributed by atoms with Gasteiger partial charge in [-0.25, -0.2) is 8.42 Å². The van der Waals surface area contributed by atoms with Crippen molar-refractivity contribution in [2.24, 2.45) is 0 Å². The van der Waals surface area contributed by atoms with Gasteiger partial charge in [0.25, 0.3) is 5.91 Å². The lowest BCUT2D eigenvalue weighted by Gasteiger charge is -2.16. The Morgan fingerprint density at radius 1 is 1.00 bits per heavy atom. The number of carbonyl (C=O) groups excluding carboxylic acids is 1. The van der Waals surface area contributed by atoms with E-state index < -0.39 is 10.0 Å². The molecule has 1 amide bonds. The second kappa shape index (κ2) is 6.98. The van der Waals surface area contributed by atoms with E-state index in [1.807, 2.05) is 26.0 Å². The average molecular weight is 358 g/mol. The number of benzene rings is 2. The lowest BCUT2D eigenvalue weighted by atomic mass is 10.0. The summed E-state index contributed by atoms with van der Waals surface area (Å²) in [7, 11) is -3.43. The maximum atomic E-state index is 12.5. The molecule has 0 aromatic heterocycles. The number of amides is 1. The van der Waals surface area contributed by atoms with Gasteiger partial charge in [-0.1, -0.05) is 12.1 Å². The Balaban J connectivity index is 1.77. The molecule has 2 aromatic carbocycles. The van der Waals surface area contributed by atoms with Crippen molar-refractivity contribution in [2.45, 2.75) is 31.6 Å². The first-order valence-corrected chi connectivity index (χ1v) is 9.81. The fourth-order valence-electron chi connectivity index (χ4n) is 2.98. The van der Waals surface area contributed by atoms with E-state index in [1.165, 1.54) is 4.31 Å². The van der Waals surface area contributed by atoms with Crippen LogP contribution in [0.4, 0.5) is 5.69 Å². The maximum Gasteiger partial charge on any atom is 0.255 e. The first-order valence-electron chi connectivity index (χ1n) is 8.37. The predicted octanol–water partition coefficient (Wildman–Crippen LogP) is 3.34. The Labute approximate surface area is 148 Å². The van der Waals surface area contributed by atoms with Gasteiger partial charge in [0.1, 0.15) is 0 Å². The second-order valence-electron chi connectivity index (χ2n) is 6.34. The van der Waals surface area contributed by atoms with E-state index >= 15 is 0 Å². The minimum absolute atomic E-state index is 0.198. The van der Waals surface area contributed by atoms with Crippen molar-refractivity contribution in [3.63, 3.8) is 0 Å². The van der Waals surface area contributed by atoms with Crippen molar-refractivity contribution >= 4 is 21.6 Å². The molecule has 1 fully saturated rings. The highest BCUT2D eigenvalue weighted by Gasteiger charge is 2.26. The van der Waals surface area contributed by atoms with Crippen molar-refractivity contribution in [2.75, 3.05) is 18.4 Å². The molecule has 1 saturated heterocycles. The molecule has 1 aliphatic rings. The van der Waals surface area contributed by atoms with Crippen LogP contribution < -0.4 is 5.32 Å². The molecule has 1 N–H and O–H groups in total. The summed E-state index contributed by atoms with van der Waals surface area (Å²) in [5, 5.41) is 2.83. The summed E-state index contributed by atoms with van der Waals surface area (Å²) in [5.41, 5.74) is 3.19. The molecule has 0 aliphatic carbocycles. The van der Waals surface area contributed by atoms with Crippen molar-refractivity contribution < 1.29 is 13.2 Å². The third kappa shape index (κ3) is 3.60. The maximum absolute atomic E-state index is 12.5. The fourth-order valence-corrected chi connectivity index (χ4v) is 4.50. The van der Waals surface area contributed by atoms with Crippen LogP contribution in [0.2, 0.25) is 0 Å². The van der Waals surface area contributed by atoms with Crippen molar-refractivity contribution in [1.29, 1.82) is 0 Å². The number of rotatable bonds is 4. The van der Waals surface area contributed by atoms with Gasteiger partial charge in [0.05, 0.1) is 4.90 Å². The van der Waals surface area contributed by atoms with Gasteiger partial charge in [-0.15, -0.1) is 0 Å². The molecule has 0 radical (unpaired) electrons. The van der Waals surface area contributed by atoms with Crippen LogP contribution in [0.3, 0.4) is 0 Å². The first kappa shape index (κ1) is 17.6. The van der Waals surface area contributed by atoms with Crippen LogP contribution in [0.15, 0.2) is 47.4 Å². The lowest BCUT2D eigenvalue weighted by Crippen LogP contribution is -2.27. The topological polar surface area (TPSA) is 66.5 Å². The zero-order valence-corrected chi connectivity index (χ0v) is 15.3. The number of anilines is 1. The van der Waals surface area contributed by atoms with Crippen LogP contribution in [0, 0.1) is 13.8 Å². The average Bonchev–Trinajstić information content (AvgIpc) is 3.13. The van der Waals surface area contributed by atoms with Crippen molar-refractivity contribution in [1.82, 2.24) is 4.31 Å². The molecular formula is C19H22N2O3S. The molecule has 1 aliphatic heterocycles. The van der Waals surface area contributed by atoms with Gasteiger partial charge in [0.2, 0.25) is 10.0 Å². The molecule has 0 unspecified atom stereocenters. The zero-order chi connectivity index (χ0) is 18.0. The molecule has 2 aromatic rings. The normalized spacial score (nSPS) is 15.3. The van der Waals surface area contributed by atoms with Gasteiger partial charge < -0.3 is 5.32 Å². The Morgan fingerprint density at radius 3 is 2.28 bits per heavy atom. The molecule has 25 heavy (non-hydrogen) atoms. The number of sulfonamides is 1. The number of nitrogens with one attached hydrogen (secondary N) is 1. The molecule has 6 heteroatoms. The molecular weight excluding hydrogens is 336 g/mol. The Bertz CT molecular complexity index is 883. The molecule has 0 bridgehead atoms. The number of nitrogens with zero attached hydrogens (tertiary/aromatic N) is 1. The Kier molecular flexibility index (Phi) is 4.92. The third-order valence-corrected chi connectivity index (χ3v) is 6.58. The van der Waals surface area contributed by atoms with Gasteiger partial charge in [0.15, 0.2) is 0 Å². The van der Waals surface area contributed by atoms with E-state index in [4.69, 9.17) is 0 Å². The molecule has 0 saturated carbocycles. The largest absolute Gasteiger partial charge is 0.322 e. The third-order valence-electron chi connectivity index (χ3n) is 4.66. The minimum atomic E-state index is -3.43. The van der Waals surface area contributed by atoms with Crippen LogP contribution in [0.1, 0.15) is 34.3 Å². The van der Waals surface area contributed by atoms with E-state index in [2.05, 4.69) is 5.32 Å². The quantitative estimate of drug-likeness (QED) is 0.911. The smallest absolute Gasteiger partial charge is 0.255 e. The highest BCUT2D eigenvalue weighted by Crippen LogP contribution is 2.22. The van der Waals surface area contributed by atoms with Gasteiger partial charge in [0, 0.05) is 24.3 Å². The molecule has 3 rings (SSSR count). The van der Waals surface area contributed by atoms with Crippen LogP contribution in [-0.2, 0) is 10.0 Å². The summed E-state index contributed by atoms with van der Waals surface area (Å²) >= 11 is 0. The SMILES string of the molecule is Cc1cccc(C(=O)Nc2ccc(S(=O)(=O)N3CCCC3)cc2)c1C. The highest BCUT2D eigenvalue weighted by molar-refractivity contribution is 7.89. The summed E-state index contributed by atoms with van der Waals surface area (Å²) in [6.07, 6.45) is 1.81. The number of hydrogen-bond acceptors (Lipinski definition) is 3. The molecule has 5 nitrogen and oxygen atoms in total. The first-order chi connectivity index (χ1) is 11.9. The zero-order valence-electron chi connectivity index (χ0n) is 14.5. The van der Waals surface area contributed by atoms with Crippen LogP contribution >= 0.6 is 0 Å². The van der Waals surface area contributed by atoms with Gasteiger partial charge >= 0.3 is 0 Å². The number of carbonyl (C=O) groups is 1. The Morgan fingerprint density at radius 2 is 1.64 bits per heavy atom. The summed E-state index contributed by atoms with van der Waals surface area (Å²) in [4.78, 5) is 12.7. The van der Waals surface area contributed by atoms with Crippen LogP contribution in [0.5, 0.6) is 0 Å². The summed E-state index contributed by atoms with van der Waals surface area (Å²) < 4.78 is 26.5. The summed E-state index contributed by atoms with van der Waals surface area (Å²) in [5.74, 6) is -0.198. The van der Waals surface area contributed by atoms with E-state index in [0.717, 1.165) is 24.0 Å².